The van der Waals surface area contributed by atoms with Crippen LogP contribution in [0.3, 0.4) is 0 Å². The Bertz CT molecular complexity index is 1190. The van der Waals surface area contributed by atoms with E-state index in [9.17, 15) is 14.0 Å². The fraction of sp³-hybridized carbons (Fsp3) is 0.333. The van der Waals surface area contributed by atoms with Crippen LogP contribution in [0.5, 0.6) is 0 Å². The lowest BCUT2D eigenvalue weighted by atomic mass is 9.89. The first-order valence-corrected chi connectivity index (χ1v) is 10.8. The van der Waals surface area contributed by atoms with E-state index in [1.165, 1.54) is 18.2 Å². The Hall–Kier alpha value is -3.55. The summed E-state index contributed by atoms with van der Waals surface area (Å²) in [7, 11) is 0. The van der Waals surface area contributed by atoms with E-state index in [1.54, 1.807) is 6.07 Å². The highest BCUT2D eigenvalue weighted by molar-refractivity contribution is 6.01. The topological polar surface area (TPSA) is 80.1 Å². The van der Waals surface area contributed by atoms with Gasteiger partial charge in [0.1, 0.15) is 11.6 Å². The number of aryl methyl sites for hydroxylation is 1. The quantitative estimate of drug-likeness (QED) is 0.686. The molecule has 0 unspecified atom stereocenters. The van der Waals surface area contributed by atoms with Crippen molar-refractivity contribution in [2.45, 2.75) is 26.3 Å². The van der Waals surface area contributed by atoms with Crippen LogP contribution < -0.4 is 5.32 Å². The van der Waals surface area contributed by atoms with Gasteiger partial charge in [0.15, 0.2) is 0 Å². The van der Waals surface area contributed by atoms with Crippen LogP contribution in [0, 0.1) is 24.6 Å². The summed E-state index contributed by atoms with van der Waals surface area (Å²) in [6.07, 6.45) is 1.08. The monoisotopic (exact) mass is 433 g/mol. The van der Waals surface area contributed by atoms with Crippen LogP contribution in [-0.2, 0) is 24.2 Å². The lowest BCUT2D eigenvalue weighted by molar-refractivity contribution is -0.129. The molecule has 32 heavy (non-hydrogen) atoms. The van der Waals surface area contributed by atoms with Gasteiger partial charge in [-0.15, -0.1) is 10.2 Å². The van der Waals surface area contributed by atoms with Gasteiger partial charge < -0.3 is 14.8 Å². The molecule has 5 rings (SSSR count). The molecule has 3 aromatic rings. The molecule has 1 saturated heterocycles. The van der Waals surface area contributed by atoms with Crippen LogP contribution in [0.1, 0.15) is 27.6 Å². The van der Waals surface area contributed by atoms with Crippen LogP contribution in [0.15, 0.2) is 48.5 Å². The lowest BCUT2D eigenvalue weighted by Crippen LogP contribution is -2.31. The Labute approximate surface area is 185 Å². The van der Waals surface area contributed by atoms with Crippen molar-refractivity contribution in [2.24, 2.45) is 11.8 Å². The van der Waals surface area contributed by atoms with Crippen molar-refractivity contribution >= 4 is 17.5 Å². The molecule has 0 bridgehead atoms. The number of fused-ring (bicyclic) bond motifs is 2. The molecular weight excluding hydrogens is 409 g/mol. The number of anilines is 1. The maximum Gasteiger partial charge on any atom is 0.293 e. The lowest BCUT2D eigenvalue weighted by Gasteiger charge is -2.25. The van der Waals surface area contributed by atoms with Crippen LogP contribution in [0.2, 0.25) is 0 Å². The highest BCUT2D eigenvalue weighted by Crippen LogP contribution is 2.33. The summed E-state index contributed by atoms with van der Waals surface area (Å²) in [6.45, 7) is 3.98. The number of amides is 2. The van der Waals surface area contributed by atoms with Gasteiger partial charge >= 0.3 is 0 Å². The molecular formula is C24H24FN5O2. The third-order valence-corrected chi connectivity index (χ3v) is 6.51. The number of hydrogen-bond donors (Lipinski definition) is 1. The molecule has 2 aliphatic heterocycles. The average Bonchev–Trinajstić information content (AvgIpc) is 3.37. The van der Waals surface area contributed by atoms with Gasteiger partial charge in [0.2, 0.25) is 11.7 Å². The first kappa shape index (κ1) is 20.4. The number of halogens is 1. The fourth-order valence-corrected chi connectivity index (χ4v) is 4.73. The minimum absolute atomic E-state index is 0.133. The van der Waals surface area contributed by atoms with Crippen molar-refractivity contribution in [1.82, 2.24) is 19.7 Å². The maximum absolute atomic E-state index is 13.4. The minimum Gasteiger partial charge on any atom is -0.342 e. The van der Waals surface area contributed by atoms with Crippen molar-refractivity contribution in [3.63, 3.8) is 0 Å². The van der Waals surface area contributed by atoms with E-state index < -0.39 is 11.7 Å². The van der Waals surface area contributed by atoms with Gasteiger partial charge in [-0.3, -0.25) is 9.59 Å². The van der Waals surface area contributed by atoms with E-state index in [0.29, 0.717) is 44.1 Å². The second-order valence-electron chi connectivity index (χ2n) is 8.64. The van der Waals surface area contributed by atoms with Gasteiger partial charge in [-0.05, 0) is 48.1 Å². The molecule has 7 nitrogen and oxygen atoms in total. The first-order valence-electron chi connectivity index (χ1n) is 10.8. The number of nitrogens with one attached hydrogen (secondary N) is 1. The van der Waals surface area contributed by atoms with Crippen LogP contribution in [-0.4, -0.2) is 44.6 Å². The van der Waals surface area contributed by atoms with Gasteiger partial charge in [0.25, 0.3) is 5.91 Å². The SMILES string of the molecule is Cc1ccccc1CC(=O)N1C[C@@H]2Cc3nnc(C(=O)Nc4cccc(F)c4)n3C[C@@H]2C1. The molecule has 0 aliphatic carbocycles. The average molecular weight is 433 g/mol. The number of nitrogens with zero attached hydrogens (tertiary/aromatic N) is 4. The molecule has 0 radical (unpaired) electrons. The zero-order valence-electron chi connectivity index (χ0n) is 17.8. The summed E-state index contributed by atoms with van der Waals surface area (Å²) in [5.74, 6) is 0.824. The maximum atomic E-state index is 13.4. The van der Waals surface area contributed by atoms with Crippen molar-refractivity contribution < 1.29 is 14.0 Å². The second kappa shape index (κ2) is 8.18. The van der Waals surface area contributed by atoms with Crippen molar-refractivity contribution in [3.05, 3.63) is 77.1 Å². The molecule has 2 aromatic carbocycles. The van der Waals surface area contributed by atoms with E-state index >= 15 is 0 Å². The van der Waals surface area contributed by atoms with E-state index in [1.807, 2.05) is 40.7 Å². The number of carbonyl (C=O) groups is 2. The van der Waals surface area contributed by atoms with Gasteiger partial charge in [0.05, 0.1) is 6.42 Å². The van der Waals surface area contributed by atoms with Crippen molar-refractivity contribution in [3.8, 4) is 0 Å². The largest absolute Gasteiger partial charge is 0.342 e. The number of rotatable bonds is 4. The Morgan fingerprint density at radius 2 is 1.88 bits per heavy atom. The molecule has 2 aliphatic rings. The zero-order valence-corrected chi connectivity index (χ0v) is 17.8. The third-order valence-electron chi connectivity index (χ3n) is 6.51. The number of aromatic nitrogens is 3. The van der Waals surface area contributed by atoms with E-state index in [0.717, 1.165) is 17.0 Å². The van der Waals surface area contributed by atoms with E-state index in [-0.39, 0.29) is 17.6 Å². The Morgan fingerprint density at radius 3 is 2.69 bits per heavy atom. The summed E-state index contributed by atoms with van der Waals surface area (Å²) in [5, 5.41) is 11.0. The summed E-state index contributed by atoms with van der Waals surface area (Å²) in [5.41, 5.74) is 2.55. The van der Waals surface area contributed by atoms with E-state index in [4.69, 9.17) is 0 Å². The van der Waals surface area contributed by atoms with Gasteiger partial charge in [-0.2, -0.15) is 0 Å². The van der Waals surface area contributed by atoms with Crippen LogP contribution in [0.4, 0.5) is 10.1 Å². The number of carbonyl (C=O) groups excluding carboxylic acids is 2. The minimum atomic E-state index is -0.421. The standard InChI is InChI=1S/C24H24FN5O2/c1-15-5-2-3-6-16(15)10-22(31)29-12-17-9-21-27-28-23(30(21)14-18(17)13-29)24(32)26-20-8-4-7-19(25)11-20/h2-8,11,17-18H,9-10,12-14H2,1H3,(H,26,32)/t17-,18-/m0/s1. The van der Waals surface area contributed by atoms with E-state index in [2.05, 4.69) is 15.5 Å². The molecule has 164 valence electrons. The molecule has 2 atom stereocenters. The Kier molecular flexibility index (Phi) is 5.20. The molecule has 1 N–H and O–H groups in total. The molecule has 0 spiro atoms. The molecule has 8 heteroatoms. The Morgan fingerprint density at radius 1 is 1.06 bits per heavy atom. The summed E-state index contributed by atoms with van der Waals surface area (Å²) in [6, 6.07) is 13.7. The summed E-state index contributed by atoms with van der Waals surface area (Å²) >= 11 is 0. The van der Waals surface area contributed by atoms with Crippen LogP contribution in [0.25, 0.3) is 0 Å². The number of likely N-dealkylation sites (tertiary alicyclic amines) is 1. The fourth-order valence-electron chi connectivity index (χ4n) is 4.73. The molecule has 0 saturated carbocycles. The number of benzene rings is 2. The zero-order chi connectivity index (χ0) is 22.2. The summed E-state index contributed by atoms with van der Waals surface area (Å²) < 4.78 is 15.3. The van der Waals surface area contributed by atoms with Crippen molar-refractivity contribution in [2.75, 3.05) is 18.4 Å². The number of hydrogen-bond acceptors (Lipinski definition) is 4. The summed E-state index contributed by atoms with van der Waals surface area (Å²) in [4.78, 5) is 27.6. The predicted molar refractivity (Wildman–Crippen MR) is 117 cm³/mol. The first-order chi connectivity index (χ1) is 15.5. The highest BCUT2D eigenvalue weighted by Gasteiger charge is 2.40. The predicted octanol–water partition coefficient (Wildman–Crippen LogP) is 2.85. The molecule has 2 amide bonds. The third kappa shape index (κ3) is 3.88. The van der Waals surface area contributed by atoms with Crippen molar-refractivity contribution in [1.29, 1.82) is 0 Å². The molecule has 3 heterocycles. The van der Waals surface area contributed by atoms with Crippen LogP contribution >= 0.6 is 0 Å². The highest BCUT2D eigenvalue weighted by atomic mass is 19.1. The Balaban J connectivity index is 1.27. The normalized spacial score (nSPS) is 19.4. The van der Waals surface area contributed by atoms with Gasteiger partial charge in [-0.25, -0.2) is 4.39 Å². The smallest absolute Gasteiger partial charge is 0.293 e. The van der Waals surface area contributed by atoms with Gasteiger partial charge in [0, 0.05) is 31.7 Å². The molecule has 1 fully saturated rings. The second-order valence-corrected chi connectivity index (χ2v) is 8.64. The van der Waals surface area contributed by atoms with Gasteiger partial charge in [-0.1, -0.05) is 30.3 Å². The molecule has 1 aromatic heterocycles.